The normalized spacial score (nSPS) is 10.9. The SMILES string of the molecule is CNc1nc(-c2cccnc2)nc2ccc(-c3ccc(C)o3)cc12. The van der Waals surface area contributed by atoms with Crippen molar-refractivity contribution in [2.24, 2.45) is 0 Å². The molecule has 4 rings (SSSR count). The van der Waals surface area contributed by atoms with Crippen molar-refractivity contribution in [2.75, 3.05) is 12.4 Å². The van der Waals surface area contributed by atoms with Crippen LogP contribution in [0.4, 0.5) is 5.82 Å². The van der Waals surface area contributed by atoms with E-state index in [1.165, 1.54) is 0 Å². The molecule has 1 aromatic carbocycles. The van der Waals surface area contributed by atoms with Gasteiger partial charge in [-0.2, -0.15) is 0 Å². The Morgan fingerprint density at radius 1 is 1.00 bits per heavy atom. The van der Waals surface area contributed by atoms with Gasteiger partial charge in [0.2, 0.25) is 0 Å². The summed E-state index contributed by atoms with van der Waals surface area (Å²) in [5, 5.41) is 4.12. The van der Waals surface area contributed by atoms with Crippen LogP contribution in [0.3, 0.4) is 0 Å². The van der Waals surface area contributed by atoms with E-state index in [1.54, 1.807) is 12.4 Å². The van der Waals surface area contributed by atoms with Gasteiger partial charge in [0, 0.05) is 36.0 Å². The summed E-state index contributed by atoms with van der Waals surface area (Å²) in [6.07, 6.45) is 3.50. The smallest absolute Gasteiger partial charge is 0.163 e. The maximum atomic E-state index is 5.72. The van der Waals surface area contributed by atoms with Gasteiger partial charge in [-0.15, -0.1) is 0 Å². The lowest BCUT2D eigenvalue weighted by Crippen LogP contribution is -1.99. The molecular weight excluding hydrogens is 300 g/mol. The van der Waals surface area contributed by atoms with E-state index in [0.717, 1.165) is 39.4 Å². The van der Waals surface area contributed by atoms with Crippen LogP contribution in [-0.2, 0) is 0 Å². The van der Waals surface area contributed by atoms with Crippen molar-refractivity contribution in [3.63, 3.8) is 0 Å². The Hall–Kier alpha value is -3.21. The Balaban J connectivity index is 1.89. The maximum Gasteiger partial charge on any atom is 0.163 e. The predicted molar refractivity (Wildman–Crippen MR) is 94.8 cm³/mol. The van der Waals surface area contributed by atoms with E-state index in [-0.39, 0.29) is 0 Å². The number of rotatable bonds is 3. The topological polar surface area (TPSA) is 63.8 Å². The molecule has 0 saturated carbocycles. The van der Waals surface area contributed by atoms with E-state index in [0.29, 0.717) is 5.82 Å². The Labute approximate surface area is 139 Å². The third kappa shape index (κ3) is 2.50. The van der Waals surface area contributed by atoms with Crippen molar-refractivity contribution in [1.29, 1.82) is 0 Å². The molecule has 3 heterocycles. The molecule has 4 aromatic rings. The molecular formula is C19H16N4O. The van der Waals surface area contributed by atoms with Crippen LogP contribution in [0.1, 0.15) is 5.76 Å². The first kappa shape index (κ1) is 14.4. The molecule has 0 aliphatic rings. The zero-order valence-corrected chi connectivity index (χ0v) is 13.4. The van der Waals surface area contributed by atoms with E-state index < -0.39 is 0 Å². The number of hydrogen-bond donors (Lipinski definition) is 1. The fraction of sp³-hybridized carbons (Fsp3) is 0.105. The third-order valence-electron chi connectivity index (χ3n) is 3.88. The first-order chi connectivity index (χ1) is 11.7. The molecule has 0 unspecified atom stereocenters. The first-order valence-corrected chi connectivity index (χ1v) is 7.71. The molecule has 0 aliphatic heterocycles. The van der Waals surface area contributed by atoms with E-state index in [4.69, 9.17) is 4.42 Å². The molecule has 0 fully saturated rings. The molecule has 3 aromatic heterocycles. The third-order valence-corrected chi connectivity index (χ3v) is 3.88. The lowest BCUT2D eigenvalue weighted by molar-refractivity contribution is 0.548. The van der Waals surface area contributed by atoms with Crippen LogP contribution in [0.5, 0.6) is 0 Å². The standard InChI is InChI=1S/C19H16N4O/c1-12-5-8-17(24-12)13-6-7-16-15(10-13)19(20-2)23-18(22-16)14-4-3-9-21-11-14/h3-11H,1-2H3,(H,20,22,23). The van der Waals surface area contributed by atoms with Crippen molar-refractivity contribution < 1.29 is 4.42 Å². The highest BCUT2D eigenvalue weighted by Gasteiger charge is 2.11. The quantitative estimate of drug-likeness (QED) is 0.610. The average molecular weight is 316 g/mol. The largest absolute Gasteiger partial charge is 0.461 e. The summed E-state index contributed by atoms with van der Waals surface area (Å²) in [7, 11) is 1.86. The Bertz CT molecular complexity index is 1010. The Morgan fingerprint density at radius 2 is 1.92 bits per heavy atom. The lowest BCUT2D eigenvalue weighted by atomic mass is 10.1. The molecule has 0 amide bonds. The van der Waals surface area contributed by atoms with Gasteiger partial charge in [-0.3, -0.25) is 4.98 Å². The molecule has 118 valence electrons. The zero-order chi connectivity index (χ0) is 16.5. The number of nitrogens with zero attached hydrogens (tertiary/aromatic N) is 3. The van der Waals surface area contributed by atoms with E-state index in [9.17, 15) is 0 Å². The van der Waals surface area contributed by atoms with Gasteiger partial charge in [-0.25, -0.2) is 9.97 Å². The fourth-order valence-electron chi connectivity index (χ4n) is 2.69. The summed E-state index contributed by atoms with van der Waals surface area (Å²) in [6.45, 7) is 1.94. The summed E-state index contributed by atoms with van der Waals surface area (Å²) >= 11 is 0. The van der Waals surface area contributed by atoms with Gasteiger partial charge >= 0.3 is 0 Å². The summed E-state index contributed by atoms with van der Waals surface area (Å²) in [5.74, 6) is 3.17. The second-order valence-corrected chi connectivity index (χ2v) is 5.53. The highest BCUT2D eigenvalue weighted by molar-refractivity contribution is 5.93. The average Bonchev–Trinajstić information content (AvgIpc) is 3.07. The molecule has 5 heteroatoms. The molecule has 1 N–H and O–H groups in total. The van der Waals surface area contributed by atoms with Crippen molar-refractivity contribution in [2.45, 2.75) is 6.92 Å². The number of furan rings is 1. The van der Waals surface area contributed by atoms with Crippen molar-refractivity contribution in [3.05, 3.63) is 60.6 Å². The van der Waals surface area contributed by atoms with E-state index in [1.807, 2.05) is 56.4 Å². The molecule has 0 spiro atoms. The van der Waals surface area contributed by atoms with Gasteiger partial charge in [0.25, 0.3) is 0 Å². The Morgan fingerprint density at radius 3 is 2.62 bits per heavy atom. The van der Waals surface area contributed by atoms with Crippen LogP contribution in [0.15, 0.2) is 59.3 Å². The Kier molecular flexibility index (Phi) is 3.46. The zero-order valence-electron chi connectivity index (χ0n) is 13.4. The predicted octanol–water partition coefficient (Wildman–Crippen LogP) is 4.30. The molecule has 0 aliphatic carbocycles. The fourth-order valence-corrected chi connectivity index (χ4v) is 2.69. The summed E-state index contributed by atoms with van der Waals surface area (Å²) in [6, 6.07) is 13.8. The van der Waals surface area contributed by atoms with Gasteiger partial charge in [0.15, 0.2) is 5.82 Å². The number of fused-ring (bicyclic) bond motifs is 1. The van der Waals surface area contributed by atoms with Crippen LogP contribution >= 0.6 is 0 Å². The van der Waals surface area contributed by atoms with E-state index >= 15 is 0 Å². The summed E-state index contributed by atoms with van der Waals surface area (Å²) in [5.41, 5.74) is 2.77. The molecule has 0 atom stereocenters. The monoisotopic (exact) mass is 316 g/mol. The number of pyridine rings is 1. The number of nitrogens with one attached hydrogen (secondary N) is 1. The molecule has 0 radical (unpaired) electrons. The molecule has 0 saturated heterocycles. The van der Waals surface area contributed by atoms with Crippen LogP contribution < -0.4 is 5.32 Å². The van der Waals surface area contributed by atoms with Crippen molar-refractivity contribution in [3.8, 4) is 22.7 Å². The van der Waals surface area contributed by atoms with Gasteiger partial charge < -0.3 is 9.73 Å². The van der Waals surface area contributed by atoms with Gasteiger partial charge in [0.05, 0.1) is 5.52 Å². The molecule has 24 heavy (non-hydrogen) atoms. The first-order valence-electron chi connectivity index (χ1n) is 7.71. The summed E-state index contributed by atoms with van der Waals surface area (Å²) < 4.78 is 5.72. The van der Waals surface area contributed by atoms with Crippen molar-refractivity contribution >= 4 is 16.7 Å². The maximum absolute atomic E-state index is 5.72. The van der Waals surface area contributed by atoms with Crippen molar-refractivity contribution in [1.82, 2.24) is 15.0 Å². The highest BCUT2D eigenvalue weighted by Crippen LogP contribution is 2.30. The molecule has 5 nitrogen and oxygen atoms in total. The van der Waals surface area contributed by atoms with Crippen LogP contribution in [-0.4, -0.2) is 22.0 Å². The second kappa shape index (κ2) is 5.77. The minimum absolute atomic E-state index is 0.654. The van der Waals surface area contributed by atoms with Gasteiger partial charge in [-0.1, -0.05) is 0 Å². The van der Waals surface area contributed by atoms with Gasteiger partial charge in [0.1, 0.15) is 17.3 Å². The minimum Gasteiger partial charge on any atom is -0.461 e. The lowest BCUT2D eigenvalue weighted by Gasteiger charge is -2.09. The van der Waals surface area contributed by atoms with Crippen LogP contribution in [0, 0.1) is 6.92 Å². The number of hydrogen-bond acceptors (Lipinski definition) is 5. The number of aryl methyl sites for hydroxylation is 1. The number of anilines is 1. The van der Waals surface area contributed by atoms with Crippen LogP contribution in [0.25, 0.3) is 33.6 Å². The molecule has 0 bridgehead atoms. The van der Waals surface area contributed by atoms with E-state index in [2.05, 4.69) is 20.3 Å². The highest BCUT2D eigenvalue weighted by atomic mass is 16.3. The minimum atomic E-state index is 0.654. The van der Waals surface area contributed by atoms with Crippen LogP contribution in [0.2, 0.25) is 0 Å². The number of aromatic nitrogens is 3. The second-order valence-electron chi connectivity index (χ2n) is 5.53. The van der Waals surface area contributed by atoms with Gasteiger partial charge in [-0.05, 0) is 49.4 Å². The number of benzene rings is 1. The summed E-state index contributed by atoms with van der Waals surface area (Å²) in [4.78, 5) is 13.4.